The molecule has 33 heavy (non-hydrogen) atoms. The molecule has 8 heteroatoms. The van der Waals surface area contributed by atoms with Crippen LogP contribution in [0.1, 0.15) is 61.4 Å². The number of nitrogens with zero attached hydrogens (tertiary/aromatic N) is 3. The molecule has 1 atom stereocenters. The number of hydrogen-bond acceptors (Lipinski definition) is 5. The van der Waals surface area contributed by atoms with Gasteiger partial charge in [-0.15, -0.1) is 10.2 Å². The van der Waals surface area contributed by atoms with Gasteiger partial charge in [0, 0.05) is 18.3 Å². The Balaban J connectivity index is 1.62. The molecule has 2 amide bonds. The van der Waals surface area contributed by atoms with Crippen LogP contribution in [0.3, 0.4) is 0 Å². The molecule has 0 aliphatic carbocycles. The molecule has 0 spiro atoms. The van der Waals surface area contributed by atoms with Crippen LogP contribution in [0.5, 0.6) is 0 Å². The number of aromatic nitrogens is 3. The zero-order valence-corrected chi connectivity index (χ0v) is 20.5. The topological polar surface area (TPSA) is 88.9 Å². The molecule has 3 aromatic rings. The summed E-state index contributed by atoms with van der Waals surface area (Å²) >= 11 is 1.31. The van der Waals surface area contributed by atoms with E-state index >= 15 is 0 Å². The molecule has 0 aliphatic heterocycles. The normalized spacial score (nSPS) is 12.1. The smallest absolute Gasteiger partial charge is 0.251 e. The SMILES string of the molecule is CC(C)c1ccc(NC(=O)CSc2nnc([C@H](NC(=O)c3ccccc3)C(C)C)n2C)cc1. The van der Waals surface area contributed by atoms with Gasteiger partial charge in [-0.05, 0) is 41.7 Å². The van der Waals surface area contributed by atoms with Gasteiger partial charge in [-0.2, -0.15) is 0 Å². The van der Waals surface area contributed by atoms with Gasteiger partial charge < -0.3 is 15.2 Å². The van der Waals surface area contributed by atoms with E-state index in [2.05, 4.69) is 34.7 Å². The monoisotopic (exact) mass is 465 g/mol. The number of carbonyl (C=O) groups is 2. The van der Waals surface area contributed by atoms with Crippen molar-refractivity contribution in [1.29, 1.82) is 0 Å². The summed E-state index contributed by atoms with van der Waals surface area (Å²) in [5.41, 5.74) is 2.60. The number of anilines is 1. The lowest BCUT2D eigenvalue weighted by Crippen LogP contribution is -2.33. The Labute approximate surface area is 199 Å². The number of carbonyl (C=O) groups excluding carboxylic acids is 2. The molecule has 0 unspecified atom stereocenters. The van der Waals surface area contributed by atoms with Crippen molar-refractivity contribution in [1.82, 2.24) is 20.1 Å². The fourth-order valence-corrected chi connectivity index (χ4v) is 4.06. The zero-order valence-electron chi connectivity index (χ0n) is 19.7. The number of amides is 2. The molecule has 0 radical (unpaired) electrons. The van der Waals surface area contributed by atoms with Crippen LogP contribution < -0.4 is 10.6 Å². The molecule has 0 fully saturated rings. The Morgan fingerprint density at radius 3 is 2.24 bits per heavy atom. The number of rotatable bonds is 9. The minimum Gasteiger partial charge on any atom is -0.342 e. The maximum absolute atomic E-state index is 12.7. The second kappa shape index (κ2) is 11.1. The highest BCUT2D eigenvalue weighted by Crippen LogP contribution is 2.25. The molecule has 0 bridgehead atoms. The van der Waals surface area contributed by atoms with Crippen LogP contribution >= 0.6 is 11.8 Å². The first-order valence-electron chi connectivity index (χ1n) is 11.0. The first-order chi connectivity index (χ1) is 15.8. The summed E-state index contributed by atoms with van der Waals surface area (Å²) in [5.74, 6) is 1.15. The van der Waals surface area contributed by atoms with Crippen LogP contribution in [-0.2, 0) is 11.8 Å². The van der Waals surface area contributed by atoms with E-state index in [1.165, 1.54) is 17.3 Å². The van der Waals surface area contributed by atoms with E-state index in [4.69, 9.17) is 0 Å². The number of hydrogen-bond donors (Lipinski definition) is 2. The van der Waals surface area contributed by atoms with Gasteiger partial charge in [0.15, 0.2) is 11.0 Å². The first-order valence-corrected chi connectivity index (χ1v) is 12.0. The summed E-state index contributed by atoms with van der Waals surface area (Å²) in [4.78, 5) is 25.1. The number of nitrogens with one attached hydrogen (secondary N) is 2. The van der Waals surface area contributed by atoms with Crippen LogP contribution in [0.4, 0.5) is 5.69 Å². The van der Waals surface area contributed by atoms with Crippen molar-refractivity contribution in [3.05, 3.63) is 71.5 Å². The minimum atomic E-state index is -0.308. The maximum atomic E-state index is 12.7. The summed E-state index contributed by atoms with van der Waals surface area (Å²) in [5, 5.41) is 15.2. The molecule has 0 aliphatic rings. The zero-order chi connectivity index (χ0) is 24.0. The Bertz CT molecular complexity index is 1080. The highest BCUT2D eigenvalue weighted by molar-refractivity contribution is 7.99. The molecular weight excluding hydrogens is 434 g/mol. The minimum absolute atomic E-state index is 0.107. The molecule has 0 saturated heterocycles. The van der Waals surface area contributed by atoms with Crippen molar-refractivity contribution in [3.8, 4) is 0 Å². The molecular formula is C25H31N5O2S. The van der Waals surface area contributed by atoms with Gasteiger partial charge in [0.25, 0.3) is 5.91 Å². The van der Waals surface area contributed by atoms with Crippen molar-refractivity contribution >= 4 is 29.3 Å². The van der Waals surface area contributed by atoms with E-state index in [1.54, 1.807) is 12.1 Å². The lowest BCUT2D eigenvalue weighted by atomic mass is 10.0. The van der Waals surface area contributed by atoms with Crippen LogP contribution in [-0.4, -0.2) is 32.3 Å². The van der Waals surface area contributed by atoms with Gasteiger partial charge in [-0.3, -0.25) is 9.59 Å². The van der Waals surface area contributed by atoms with Crippen LogP contribution in [0.15, 0.2) is 59.8 Å². The molecule has 1 aromatic heterocycles. The van der Waals surface area contributed by atoms with E-state index in [0.29, 0.717) is 22.5 Å². The van der Waals surface area contributed by atoms with Gasteiger partial charge in [0.1, 0.15) is 0 Å². The Kier molecular flexibility index (Phi) is 8.27. The summed E-state index contributed by atoms with van der Waals surface area (Å²) < 4.78 is 1.84. The third-order valence-electron chi connectivity index (χ3n) is 5.33. The lowest BCUT2D eigenvalue weighted by Gasteiger charge is -2.21. The fraction of sp³-hybridized carbons (Fsp3) is 0.360. The average Bonchev–Trinajstić information content (AvgIpc) is 3.16. The highest BCUT2D eigenvalue weighted by Gasteiger charge is 2.25. The van der Waals surface area contributed by atoms with Gasteiger partial charge in [-0.1, -0.05) is 69.8 Å². The number of benzene rings is 2. The van der Waals surface area contributed by atoms with Crippen LogP contribution in [0.25, 0.3) is 0 Å². The second-order valence-electron chi connectivity index (χ2n) is 8.57. The maximum Gasteiger partial charge on any atom is 0.251 e. The van der Waals surface area contributed by atoms with Crippen molar-refractivity contribution in [2.45, 2.75) is 44.8 Å². The van der Waals surface area contributed by atoms with Crippen molar-refractivity contribution in [3.63, 3.8) is 0 Å². The van der Waals surface area contributed by atoms with Gasteiger partial charge in [-0.25, -0.2) is 0 Å². The summed E-state index contributed by atoms with van der Waals surface area (Å²) in [6.45, 7) is 8.32. The molecule has 3 rings (SSSR count). The van der Waals surface area contributed by atoms with Gasteiger partial charge in [0.05, 0.1) is 11.8 Å². The van der Waals surface area contributed by atoms with Crippen molar-refractivity contribution in [2.24, 2.45) is 13.0 Å². The van der Waals surface area contributed by atoms with Gasteiger partial charge in [0.2, 0.25) is 5.91 Å². The third kappa shape index (κ3) is 6.44. The van der Waals surface area contributed by atoms with Crippen LogP contribution in [0, 0.1) is 5.92 Å². The van der Waals surface area contributed by atoms with E-state index in [0.717, 1.165) is 5.69 Å². The highest BCUT2D eigenvalue weighted by atomic mass is 32.2. The number of thioether (sulfide) groups is 1. The second-order valence-corrected chi connectivity index (χ2v) is 9.52. The van der Waals surface area contributed by atoms with Crippen molar-refractivity contribution in [2.75, 3.05) is 11.1 Å². The lowest BCUT2D eigenvalue weighted by molar-refractivity contribution is -0.113. The molecule has 1 heterocycles. The predicted molar refractivity (Wildman–Crippen MR) is 132 cm³/mol. The van der Waals surface area contributed by atoms with E-state index < -0.39 is 0 Å². The Hall–Kier alpha value is -3.13. The Morgan fingerprint density at radius 2 is 1.64 bits per heavy atom. The summed E-state index contributed by atoms with van der Waals surface area (Å²) in [7, 11) is 1.85. The first kappa shape index (κ1) is 24.5. The largest absolute Gasteiger partial charge is 0.342 e. The molecule has 0 saturated carbocycles. The summed E-state index contributed by atoms with van der Waals surface area (Å²) in [6.07, 6.45) is 0. The molecule has 174 valence electrons. The molecule has 2 N–H and O–H groups in total. The standard InChI is InChI=1S/C25H31N5O2S/c1-16(2)18-11-13-20(14-12-18)26-21(31)15-33-25-29-28-23(30(25)5)22(17(3)4)27-24(32)19-9-7-6-8-10-19/h6-14,16-17,22H,15H2,1-5H3,(H,26,31)(H,27,32)/t22-/m1/s1. The molecule has 2 aromatic carbocycles. The third-order valence-corrected chi connectivity index (χ3v) is 6.35. The Morgan fingerprint density at radius 1 is 0.970 bits per heavy atom. The fourth-order valence-electron chi connectivity index (χ4n) is 3.34. The quantitative estimate of drug-likeness (QED) is 0.443. The van der Waals surface area contributed by atoms with Crippen molar-refractivity contribution < 1.29 is 9.59 Å². The van der Waals surface area contributed by atoms with Gasteiger partial charge >= 0.3 is 0 Å². The van der Waals surface area contributed by atoms with Crippen LogP contribution in [0.2, 0.25) is 0 Å². The molecule has 7 nitrogen and oxygen atoms in total. The predicted octanol–water partition coefficient (Wildman–Crippen LogP) is 4.80. The van der Waals surface area contributed by atoms with E-state index in [-0.39, 0.29) is 29.5 Å². The average molecular weight is 466 g/mol. The van der Waals surface area contributed by atoms with E-state index in [1.807, 2.05) is 67.9 Å². The van der Waals surface area contributed by atoms with E-state index in [9.17, 15) is 9.59 Å². The summed E-state index contributed by atoms with van der Waals surface area (Å²) in [6, 6.07) is 16.7.